The van der Waals surface area contributed by atoms with Crippen LogP contribution in [0.2, 0.25) is 0 Å². The lowest BCUT2D eigenvalue weighted by Gasteiger charge is -2.45. The summed E-state index contributed by atoms with van der Waals surface area (Å²) in [7, 11) is 0. The van der Waals surface area contributed by atoms with E-state index in [9.17, 15) is 0 Å². The van der Waals surface area contributed by atoms with Crippen molar-refractivity contribution in [1.82, 2.24) is 4.90 Å². The van der Waals surface area contributed by atoms with E-state index < -0.39 is 0 Å². The van der Waals surface area contributed by atoms with Crippen LogP contribution in [0.15, 0.2) is 0 Å². The molecule has 2 fully saturated rings. The van der Waals surface area contributed by atoms with Crippen LogP contribution in [0.1, 0.15) is 48.0 Å². The molecule has 100 valence electrons. The lowest BCUT2D eigenvalue weighted by atomic mass is 9.74. The van der Waals surface area contributed by atoms with E-state index in [1.54, 1.807) is 0 Å². The second-order valence-corrected chi connectivity index (χ2v) is 7.92. The van der Waals surface area contributed by atoms with Gasteiger partial charge in [0.15, 0.2) is 0 Å². The zero-order valence-corrected chi connectivity index (χ0v) is 12.4. The number of likely N-dealkylation sites (tertiary alicyclic amines) is 1. The highest BCUT2D eigenvalue weighted by Gasteiger charge is 2.50. The van der Waals surface area contributed by atoms with Crippen LogP contribution in [0, 0.1) is 17.3 Å². The highest BCUT2D eigenvalue weighted by atomic mass is 16.5. The van der Waals surface area contributed by atoms with Crippen molar-refractivity contribution in [3.63, 3.8) is 0 Å². The molecule has 2 saturated heterocycles. The summed E-state index contributed by atoms with van der Waals surface area (Å²) in [5.74, 6) is 1.59. The number of fused-ring (bicyclic) bond motifs is 1. The average molecular weight is 239 g/mol. The average Bonchev–Trinajstić information content (AvgIpc) is 2.54. The van der Waals surface area contributed by atoms with Gasteiger partial charge >= 0.3 is 0 Å². The zero-order chi connectivity index (χ0) is 12.8. The molecule has 0 aromatic heterocycles. The molecule has 2 heterocycles. The molecule has 17 heavy (non-hydrogen) atoms. The van der Waals surface area contributed by atoms with Crippen LogP contribution in [-0.4, -0.2) is 36.2 Å². The maximum Gasteiger partial charge on any atom is 0.0509 e. The molecule has 0 aliphatic carbocycles. The van der Waals surface area contributed by atoms with Crippen LogP contribution < -0.4 is 0 Å². The Morgan fingerprint density at radius 3 is 2.24 bits per heavy atom. The Balaban J connectivity index is 2.27. The van der Waals surface area contributed by atoms with Crippen molar-refractivity contribution in [3.05, 3.63) is 0 Å². The maximum absolute atomic E-state index is 5.68. The van der Waals surface area contributed by atoms with E-state index in [1.165, 1.54) is 13.0 Å². The van der Waals surface area contributed by atoms with Crippen LogP contribution in [0.25, 0.3) is 0 Å². The summed E-state index contributed by atoms with van der Waals surface area (Å²) >= 11 is 0. The Labute approximate surface area is 107 Å². The fourth-order valence-electron chi connectivity index (χ4n) is 3.82. The number of hydrogen-bond donors (Lipinski definition) is 0. The Bertz CT molecular complexity index is 274. The molecular formula is C15H29NO. The van der Waals surface area contributed by atoms with Crippen molar-refractivity contribution in [2.45, 2.75) is 59.5 Å². The molecule has 0 spiro atoms. The van der Waals surface area contributed by atoms with Crippen LogP contribution in [0.5, 0.6) is 0 Å². The van der Waals surface area contributed by atoms with Crippen LogP contribution in [0.3, 0.4) is 0 Å². The molecule has 2 aliphatic rings. The Hall–Kier alpha value is -0.0800. The van der Waals surface area contributed by atoms with E-state index in [4.69, 9.17) is 4.74 Å². The van der Waals surface area contributed by atoms with Crippen molar-refractivity contribution in [3.8, 4) is 0 Å². The minimum absolute atomic E-state index is 0.273. The van der Waals surface area contributed by atoms with Crippen molar-refractivity contribution < 1.29 is 4.74 Å². The maximum atomic E-state index is 5.68. The van der Waals surface area contributed by atoms with Gasteiger partial charge < -0.3 is 4.74 Å². The first-order chi connectivity index (χ1) is 7.71. The molecule has 2 heteroatoms. The van der Waals surface area contributed by atoms with Gasteiger partial charge in [-0.05, 0) is 44.4 Å². The van der Waals surface area contributed by atoms with Crippen molar-refractivity contribution >= 4 is 0 Å². The summed E-state index contributed by atoms with van der Waals surface area (Å²) in [6.07, 6.45) is 1.25. The highest BCUT2D eigenvalue weighted by molar-refractivity contribution is 5.03. The van der Waals surface area contributed by atoms with E-state index in [-0.39, 0.29) is 5.54 Å². The Kier molecular flexibility index (Phi) is 3.33. The minimum atomic E-state index is 0.273. The third-order valence-electron chi connectivity index (χ3n) is 4.45. The quantitative estimate of drug-likeness (QED) is 0.644. The summed E-state index contributed by atoms with van der Waals surface area (Å²) in [5, 5.41) is 0. The SMILES string of the molecule is CC(C)(C)C1C2CCOCC2CN1C(C)(C)C. The minimum Gasteiger partial charge on any atom is -0.381 e. The summed E-state index contributed by atoms with van der Waals surface area (Å²) in [6.45, 7) is 17.4. The first-order valence-corrected chi connectivity index (χ1v) is 7.06. The molecule has 2 nitrogen and oxygen atoms in total. The van der Waals surface area contributed by atoms with Crippen molar-refractivity contribution in [2.75, 3.05) is 19.8 Å². The molecule has 0 aromatic rings. The Morgan fingerprint density at radius 2 is 1.71 bits per heavy atom. The largest absolute Gasteiger partial charge is 0.381 e. The van der Waals surface area contributed by atoms with E-state index in [1.807, 2.05) is 0 Å². The fraction of sp³-hybridized carbons (Fsp3) is 1.00. The number of rotatable bonds is 0. The normalized spacial score (nSPS) is 36.0. The summed E-state index contributed by atoms with van der Waals surface area (Å²) < 4.78 is 5.68. The van der Waals surface area contributed by atoms with Gasteiger partial charge in [0, 0.05) is 24.7 Å². The van der Waals surface area contributed by atoms with Gasteiger partial charge in [-0.1, -0.05) is 20.8 Å². The topological polar surface area (TPSA) is 12.5 Å². The molecular weight excluding hydrogens is 210 g/mol. The first kappa shape index (κ1) is 13.4. The van der Waals surface area contributed by atoms with Crippen LogP contribution in [0.4, 0.5) is 0 Å². The van der Waals surface area contributed by atoms with Crippen molar-refractivity contribution in [1.29, 1.82) is 0 Å². The molecule has 0 amide bonds. The van der Waals surface area contributed by atoms with Gasteiger partial charge in [-0.15, -0.1) is 0 Å². The molecule has 2 rings (SSSR count). The van der Waals surface area contributed by atoms with Gasteiger partial charge in [0.1, 0.15) is 0 Å². The molecule has 0 saturated carbocycles. The molecule has 2 aliphatic heterocycles. The molecule has 0 radical (unpaired) electrons. The predicted molar refractivity (Wildman–Crippen MR) is 72.1 cm³/mol. The highest BCUT2D eigenvalue weighted by Crippen LogP contribution is 2.46. The van der Waals surface area contributed by atoms with E-state index in [0.29, 0.717) is 11.5 Å². The lowest BCUT2D eigenvalue weighted by Crippen LogP contribution is -2.51. The van der Waals surface area contributed by atoms with Crippen molar-refractivity contribution in [2.24, 2.45) is 17.3 Å². The molecule has 0 N–H and O–H groups in total. The Morgan fingerprint density at radius 1 is 1.06 bits per heavy atom. The van der Waals surface area contributed by atoms with Gasteiger partial charge in [0.2, 0.25) is 0 Å². The predicted octanol–water partition coefficient (Wildman–Crippen LogP) is 3.17. The van der Waals surface area contributed by atoms with Gasteiger partial charge in [-0.3, -0.25) is 4.90 Å². The first-order valence-electron chi connectivity index (χ1n) is 7.06. The van der Waals surface area contributed by atoms with E-state index >= 15 is 0 Å². The molecule has 0 aromatic carbocycles. The summed E-state index contributed by atoms with van der Waals surface area (Å²) in [4.78, 5) is 2.73. The monoisotopic (exact) mass is 239 g/mol. The molecule has 3 atom stereocenters. The zero-order valence-electron chi connectivity index (χ0n) is 12.4. The number of ether oxygens (including phenoxy) is 1. The van der Waals surface area contributed by atoms with Crippen LogP contribution >= 0.6 is 0 Å². The van der Waals surface area contributed by atoms with E-state index in [0.717, 1.165) is 25.0 Å². The third-order valence-corrected chi connectivity index (χ3v) is 4.45. The van der Waals surface area contributed by atoms with Gasteiger partial charge in [-0.2, -0.15) is 0 Å². The summed E-state index contributed by atoms with van der Waals surface area (Å²) in [6, 6.07) is 0.705. The third kappa shape index (κ3) is 2.53. The number of nitrogens with zero attached hydrogens (tertiary/aromatic N) is 1. The summed E-state index contributed by atoms with van der Waals surface area (Å²) in [5.41, 5.74) is 0.638. The fourth-order valence-corrected chi connectivity index (χ4v) is 3.82. The second-order valence-electron chi connectivity index (χ2n) is 7.92. The lowest BCUT2D eigenvalue weighted by molar-refractivity contribution is 0.00596. The second kappa shape index (κ2) is 4.24. The number of hydrogen-bond acceptors (Lipinski definition) is 2. The molecule has 3 unspecified atom stereocenters. The van der Waals surface area contributed by atoms with Gasteiger partial charge in [0.25, 0.3) is 0 Å². The van der Waals surface area contributed by atoms with Crippen LogP contribution in [-0.2, 0) is 4.74 Å². The van der Waals surface area contributed by atoms with Gasteiger partial charge in [0.05, 0.1) is 6.61 Å². The van der Waals surface area contributed by atoms with E-state index in [2.05, 4.69) is 46.4 Å². The van der Waals surface area contributed by atoms with Gasteiger partial charge in [-0.25, -0.2) is 0 Å². The smallest absolute Gasteiger partial charge is 0.0509 e. The standard InChI is InChI=1S/C15H29NO/c1-14(2,3)13-12-7-8-17-10-11(12)9-16(13)15(4,5)6/h11-13H,7-10H2,1-6H3. The molecule has 0 bridgehead atoms.